The van der Waals surface area contributed by atoms with Gasteiger partial charge in [0.1, 0.15) is 5.78 Å². The van der Waals surface area contributed by atoms with E-state index >= 15 is 0 Å². The molecule has 0 heterocycles. The summed E-state index contributed by atoms with van der Waals surface area (Å²) in [5.41, 5.74) is 0. The number of aliphatic hydroxyl groups excluding tert-OH is 1. The highest BCUT2D eigenvalue weighted by molar-refractivity contribution is 5.85. The van der Waals surface area contributed by atoms with Crippen LogP contribution in [0, 0.1) is 11.8 Å². The molecule has 4 unspecified atom stereocenters. The summed E-state index contributed by atoms with van der Waals surface area (Å²) < 4.78 is 0. The first kappa shape index (κ1) is 8.20. The molecule has 12 heavy (non-hydrogen) atoms. The summed E-state index contributed by atoms with van der Waals surface area (Å²) in [4.78, 5) is 13.4. The summed E-state index contributed by atoms with van der Waals surface area (Å²) >= 11 is 0. The fraction of sp³-hybridized carbons (Fsp3) is 0.889. The molecule has 2 fully saturated rings. The minimum Gasteiger partial charge on any atom is -0.393 e. The molecule has 0 aromatic heterocycles. The van der Waals surface area contributed by atoms with E-state index in [9.17, 15) is 9.90 Å². The molecule has 0 aromatic rings. The maximum absolute atomic E-state index is 11.4. The van der Waals surface area contributed by atoms with Gasteiger partial charge in [0, 0.05) is 24.3 Å². The van der Waals surface area contributed by atoms with E-state index in [0.29, 0.717) is 24.7 Å². The van der Waals surface area contributed by atoms with Gasteiger partial charge in [-0.25, -0.2) is 0 Å². The van der Waals surface area contributed by atoms with Crippen LogP contribution in [-0.2, 0) is 4.79 Å². The molecular formula is C9H15NO2. The van der Waals surface area contributed by atoms with Crippen LogP contribution in [0.25, 0.3) is 0 Å². The summed E-state index contributed by atoms with van der Waals surface area (Å²) in [5, 5.41) is 9.58. The zero-order valence-corrected chi connectivity index (χ0v) is 7.53. The van der Waals surface area contributed by atoms with E-state index in [1.165, 1.54) is 0 Å². The third kappa shape index (κ3) is 0.930. The molecule has 1 N–H and O–H groups in total. The number of hydrogen-bond acceptors (Lipinski definition) is 3. The third-order valence-corrected chi connectivity index (χ3v) is 3.29. The number of aliphatic hydroxyl groups is 1. The van der Waals surface area contributed by atoms with Gasteiger partial charge in [0.05, 0.1) is 6.10 Å². The number of carbonyl (C=O) groups is 1. The zero-order valence-electron chi connectivity index (χ0n) is 7.53. The minimum atomic E-state index is -0.236. The Kier molecular flexibility index (Phi) is 1.73. The minimum absolute atomic E-state index is 0.111. The van der Waals surface area contributed by atoms with Crippen molar-refractivity contribution in [2.24, 2.45) is 11.8 Å². The lowest BCUT2D eigenvalue weighted by atomic mass is 9.97. The molecule has 4 atom stereocenters. The molecule has 2 rings (SSSR count). The predicted molar refractivity (Wildman–Crippen MR) is 44.7 cm³/mol. The van der Waals surface area contributed by atoms with Gasteiger partial charge in [0.2, 0.25) is 0 Å². The Morgan fingerprint density at radius 2 is 2.17 bits per heavy atom. The van der Waals surface area contributed by atoms with Crippen molar-refractivity contribution in [2.45, 2.75) is 25.0 Å². The average molecular weight is 169 g/mol. The van der Waals surface area contributed by atoms with E-state index in [4.69, 9.17) is 0 Å². The summed E-state index contributed by atoms with van der Waals surface area (Å²) in [5.74, 6) is 0.668. The molecule has 3 heteroatoms. The molecule has 0 spiro atoms. The quantitative estimate of drug-likeness (QED) is 0.595. The van der Waals surface area contributed by atoms with Crippen LogP contribution >= 0.6 is 0 Å². The third-order valence-electron chi connectivity index (χ3n) is 3.29. The van der Waals surface area contributed by atoms with E-state index in [1.54, 1.807) is 0 Å². The number of carbonyl (C=O) groups excluding carboxylic acids is 1. The standard InChI is InChI=1S/C9H15NO2/c1-10(2)9-5-3-7(11)6(9)4-8(5)12/h5-7,9,11H,3-4H2,1-2H3. The van der Waals surface area contributed by atoms with Gasteiger partial charge in [-0.2, -0.15) is 0 Å². The van der Waals surface area contributed by atoms with Gasteiger partial charge in [0.25, 0.3) is 0 Å². The molecule has 2 aliphatic carbocycles. The fourth-order valence-electron chi connectivity index (χ4n) is 2.81. The number of ketones is 1. The van der Waals surface area contributed by atoms with Gasteiger partial charge in [0.15, 0.2) is 0 Å². The van der Waals surface area contributed by atoms with Crippen LogP contribution in [0.2, 0.25) is 0 Å². The van der Waals surface area contributed by atoms with Crippen molar-refractivity contribution in [1.82, 2.24) is 4.90 Å². The summed E-state index contributed by atoms with van der Waals surface area (Å²) in [6, 6.07) is 0.299. The van der Waals surface area contributed by atoms with Crippen LogP contribution < -0.4 is 0 Å². The zero-order chi connectivity index (χ0) is 8.88. The lowest BCUT2D eigenvalue weighted by molar-refractivity contribution is -0.123. The molecule has 68 valence electrons. The van der Waals surface area contributed by atoms with Crippen LogP contribution in [0.5, 0.6) is 0 Å². The topological polar surface area (TPSA) is 40.5 Å². The lowest BCUT2D eigenvalue weighted by Gasteiger charge is -2.23. The molecule has 2 bridgehead atoms. The van der Waals surface area contributed by atoms with Gasteiger partial charge in [-0.15, -0.1) is 0 Å². The second-order valence-electron chi connectivity index (χ2n) is 4.20. The van der Waals surface area contributed by atoms with Crippen molar-refractivity contribution < 1.29 is 9.90 Å². The first-order valence-corrected chi connectivity index (χ1v) is 4.48. The average Bonchev–Trinajstić information content (AvgIpc) is 2.41. The van der Waals surface area contributed by atoms with Gasteiger partial charge in [-0.1, -0.05) is 0 Å². The molecule has 0 saturated heterocycles. The lowest BCUT2D eigenvalue weighted by Crippen LogP contribution is -2.33. The van der Waals surface area contributed by atoms with Crippen LogP contribution in [0.1, 0.15) is 12.8 Å². The summed E-state index contributed by atoms with van der Waals surface area (Å²) in [7, 11) is 3.97. The number of rotatable bonds is 1. The van der Waals surface area contributed by atoms with E-state index in [0.717, 1.165) is 0 Å². The first-order valence-electron chi connectivity index (χ1n) is 4.48. The number of hydrogen-bond donors (Lipinski definition) is 1. The highest BCUT2D eigenvalue weighted by Gasteiger charge is 2.53. The van der Waals surface area contributed by atoms with Crippen LogP contribution in [0.15, 0.2) is 0 Å². The highest BCUT2D eigenvalue weighted by Crippen LogP contribution is 2.44. The second-order valence-corrected chi connectivity index (χ2v) is 4.20. The molecule has 0 radical (unpaired) electrons. The Morgan fingerprint density at radius 1 is 1.50 bits per heavy atom. The Bertz CT molecular complexity index is 215. The second kappa shape index (κ2) is 2.54. The molecule has 0 aromatic carbocycles. The van der Waals surface area contributed by atoms with Gasteiger partial charge >= 0.3 is 0 Å². The van der Waals surface area contributed by atoms with Crippen molar-refractivity contribution in [3.8, 4) is 0 Å². The maximum Gasteiger partial charge on any atom is 0.138 e. The molecule has 0 aliphatic heterocycles. The van der Waals surface area contributed by atoms with E-state index in [-0.39, 0.29) is 17.9 Å². The van der Waals surface area contributed by atoms with E-state index < -0.39 is 0 Å². The van der Waals surface area contributed by atoms with E-state index in [1.807, 2.05) is 14.1 Å². The fourth-order valence-corrected chi connectivity index (χ4v) is 2.81. The number of fused-ring (bicyclic) bond motifs is 2. The number of nitrogens with zero attached hydrogens (tertiary/aromatic N) is 1. The molecule has 2 aliphatic rings. The van der Waals surface area contributed by atoms with Gasteiger partial charge < -0.3 is 10.0 Å². The molecule has 3 nitrogen and oxygen atoms in total. The first-order chi connectivity index (χ1) is 5.61. The van der Waals surface area contributed by atoms with Gasteiger partial charge in [-0.3, -0.25) is 4.79 Å². The van der Waals surface area contributed by atoms with Gasteiger partial charge in [-0.05, 0) is 20.5 Å². The van der Waals surface area contributed by atoms with Crippen LogP contribution in [-0.4, -0.2) is 42.0 Å². The normalized spacial score (nSPS) is 46.2. The Balaban J connectivity index is 2.22. The van der Waals surface area contributed by atoms with Crippen molar-refractivity contribution >= 4 is 5.78 Å². The predicted octanol–water partition coefficient (Wildman–Crippen LogP) is -0.114. The highest BCUT2D eigenvalue weighted by atomic mass is 16.3. The monoisotopic (exact) mass is 169 g/mol. The van der Waals surface area contributed by atoms with Crippen molar-refractivity contribution in [2.75, 3.05) is 14.1 Å². The molecule has 2 saturated carbocycles. The largest absolute Gasteiger partial charge is 0.393 e. The van der Waals surface area contributed by atoms with E-state index in [2.05, 4.69) is 4.90 Å². The molecule has 0 amide bonds. The summed E-state index contributed by atoms with van der Waals surface area (Å²) in [6.07, 6.45) is 1.04. The van der Waals surface area contributed by atoms with Crippen molar-refractivity contribution in [3.05, 3.63) is 0 Å². The van der Waals surface area contributed by atoms with Crippen molar-refractivity contribution in [3.63, 3.8) is 0 Å². The smallest absolute Gasteiger partial charge is 0.138 e. The number of Topliss-reactive ketones (excluding diaryl/α,β-unsaturated/α-hetero) is 1. The van der Waals surface area contributed by atoms with Crippen LogP contribution in [0.4, 0.5) is 0 Å². The SMILES string of the molecule is CN(C)C1C2CC(O)C1CC2=O. The van der Waals surface area contributed by atoms with Crippen molar-refractivity contribution in [1.29, 1.82) is 0 Å². The Hall–Kier alpha value is -0.410. The van der Waals surface area contributed by atoms with Crippen LogP contribution in [0.3, 0.4) is 0 Å². The summed E-state index contributed by atoms with van der Waals surface area (Å²) in [6.45, 7) is 0. The molecular weight excluding hydrogens is 154 g/mol. The Morgan fingerprint density at radius 3 is 2.50 bits per heavy atom. The maximum atomic E-state index is 11.4. The Labute approximate surface area is 72.4 Å².